The predicted octanol–water partition coefficient (Wildman–Crippen LogP) is 4.34. The molecule has 0 heterocycles. The van der Waals surface area contributed by atoms with Crippen molar-refractivity contribution in [3.8, 4) is 5.75 Å². The first-order chi connectivity index (χ1) is 7.77. The number of phenols is 1. The average Bonchev–Trinajstić information content (AvgIpc) is 2.19. The van der Waals surface area contributed by atoms with Crippen molar-refractivity contribution in [2.75, 3.05) is 5.73 Å². The number of aromatic hydroxyl groups is 1. The molecule has 0 amide bonds. The summed E-state index contributed by atoms with van der Waals surface area (Å²) >= 11 is 0. The fourth-order valence-corrected chi connectivity index (χ4v) is 2.31. The van der Waals surface area contributed by atoms with Crippen LogP contribution in [0.2, 0.25) is 0 Å². The number of benzene rings is 1. The lowest BCUT2D eigenvalue weighted by Gasteiger charge is -2.22. The van der Waals surface area contributed by atoms with Gasteiger partial charge in [-0.15, -0.1) is 0 Å². The van der Waals surface area contributed by atoms with Crippen molar-refractivity contribution < 1.29 is 5.11 Å². The van der Waals surface area contributed by atoms with Crippen molar-refractivity contribution in [2.45, 2.75) is 59.3 Å². The van der Waals surface area contributed by atoms with E-state index in [4.69, 9.17) is 5.73 Å². The van der Waals surface area contributed by atoms with Crippen LogP contribution in [-0.4, -0.2) is 5.11 Å². The highest BCUT2D eigenvalue weighted by Gasteiger charge is 2.20. The van der Waals surface area contributed by atoms with Gasteiger partial charge in [0.2, 0.25) is 0 Å². The molecule has 1 rings (SSSR count). The van der Waals surface area contributed by atoms with E-state index in [2.05, 4.69) is 47.6 Å². The minimum Gasteiger partial charge on any atom is -0.505 e. The van der Waals surface area contributed by atoms with Gasteiger partial charge in [-0.3, -0.25) is 0 Å². The van der Waals surface area contributed by atoms with Gasteiger partial charge in [-0.1, -0.05) is 47.6 Å². The van der Waals surface area contributed by atoms with Crippen LogP contribution in [0.5, 0.6) is 5.75 Å². The summed E-state index contributed by atoms with van der Waals surface area (Å²) in [5, 5.41) is 10.2. The molecule has 0 bridgehead atoms. The van der Waals surface area contributed by atoms with E-state index >= 15 is 0 Å². The molecule has 0 saturated carbocycles. The summed E-state index contributed by atoms with van der Waals surface area (Å²) in [6.07, 6.45) is 0. The molecule has 3 N–H and O–H groups in total. The van der Waals surface area contributed by atoms with Crippen LogP contribution in [0.25, 0.3) is 0 Å². The molecule has 0 fully saturated rings. The van der Waals surface area contributed by atoms with Gasteiger partial charge in [-0.05, 0) is 34.4 Å². The van der Waals surface area contributed by atoms with E-state index in [0.29, 0.717) is 17.5 Å². The van der Waals surface area contributed by atoms with E-state index in [1.165, 1.54) is 5.56 Å². The van der Waals surface area contributed by atoms with Crippen LogP contribution in [0.4, 0.5) is 5.69 Å². The third-order valence-electron chi connectivity index (χ3n) is 3.26. The number of rotatable bonds is 3. The largest absolute Gasteiger partial charge is 0.505 e. The topological polar surface area (TPSA) is 46.2 Å². The van der Waals surface area contributed by atoms with Crippen molar-refractivity contribution in [1.82, 2.24) is 0 Å². The lowest BCUT2D eigenvalue weighted by molar-refractivity contribution is 0.466. The monoisotopic (exact) mass is 235 g/mol. The van der Waals surface area contributed by atoms with Crippen molar-refractivity contribution in [3.63, 3.8) is 0 Å². The lowest BCUT2D eigenvalue weighted by Crippen LogP contribution is -2.07. The molecule has 2 heteroatoms. The first-order valence-corrected chi connectivity index (χ1v) is 6.42. The molecule has 0 saturated heterocycles. The Labute approximate surface area is 105 Å². The highest BCUT2D eigenvalue weighted by atomic mass is 16.3. The number of phenolic OH excluding ortho intramolecular Hbond substituents is 1. The Morgan fingerprint density at radius 2 is 1.35 bits per heavy atom. The average molecular weight is 235 g/mol. The third-order valence-corrected chi connectivity index (χ3v) is 3.26. The predicted molar refractivity (Wildman–Crippen MR) is 74.8 cm³/mol. The van der Waals surface area contributed by atoms with Crippen molar-refractivity contribution in [1.29, 1.82) is 0 Å². The van der Waals surface area contributed by atoms with Crippen molar-refractivity contribution >= 4 is 5.69 Å². The molecule has 0 atom stereocenters. The fourth-order valence-electron chi connectivity index (χ4n) is 2.31. The lowest BCUT2D eigenvalue weighted by atomic mass is 9.85. The Kier molecular flexibility index (Phi) is 4.07. The summed E-state index contributed by atoms with van der Waals surface area (Å²) in [6, 6.07) is 2.12. The Balaban J connectivity index is 3.57. The molecule has 0 unspecified atom stereocenters. The molecule has 96 valence electrons. The molecule has 0 aliphatic rings. The zero-order valence-electron chi connectivity index (χ0n) is 11.8. The van der Waals surface area contributed by atoms with E-state index < -0.39 is 0 Å². The quantitative estimate of drug-likeness (QED) is 0.604. The third kappa shape index (κ3) is 2.56. The fraction of sp³-hybridized carbons (Fsp3) is 0.600. The smallest absolute Gasteiger partial charge is 0.142 e. The van der Waals surface area contributed by atoms with Gasteiger partial charge in [0.05, 0.1) is 5.69 Å². The number of hydrogen-bond acceptors (Lipinski definition) is 2. The molecular weight excluding hydrogens is 210 g/mol. The van der Waals surface area contributed by atoms with Crippen molar-refractivity contribution in [3.05, 3.63) is 22.8 Å². The molecule has 0 spiro atoms. The molecule has 17 heavy (non-hydrogen) atoms. The summed E-state index contributed by atoms with van der Waals surface area (Å²) in [6.45, 7) is 12.7. The Morgan fingerprint density at radius 3 is 1.71 bits per heavy atom. The van der Waals surface area contributed by atoms with Gasteiger partial charge in [0.25, 0.3) is 0 Å². The van der Waals surface area contributed by atoms with Gasteiger partial charge in [0.1, 0.15) is 5.75 Å². The van der Waals surface area contributed by atoms with E-state index in [-0.39, 0.29) is 11.7 Å². The molecule has 0 radical (unpaired) electrons. The molecule has 1 aromatic carbocycles. The van der Waals surface area contributed by atoms with Gasteiger partial charge in [0.15, 0.2) is 0 Å². The highest BCUT2D eigenvalue weighted by molar-refractivity contribution is 5.66. The van der Waals surface area contributed by atoms with Crippen LogP contribution in [0.1, 0.15) is 76.0 Å². The summed E-state index contributed by atoms with van der Waals surface area (Å²) in [5.41, 5.74) is 9.99. The second kappa shape index (κ2) is 4.99. The van der Waals surface area contributed by atoms with Crippen LogP contribution in [0.15, 0.2) is 6.07 Å². The number of nitrogen functional groups attached to an aromatic ring is 1. The van der Waals surface area contributed by atoms with E-state index in [1.807, 2.05) is 0 Å². The second-order valence-electron chi connectivity index (χ2n) is 5.70. The van der Waals surface area contributed by atoms with Crippen LogP contribution in [0, 0.1) is 0 Å². The molecule has 0 aliphatic carbocycles. The van der Waals surface area contributed by atoms with Gasteiger partial charge in [0, 0.05) is 0 Å². The number of nitrogens with two attached hydrogens (primary N) is 1. The van der Waals surface area contributed by atoms with E-state index in [9.17, 15) is 5.11 Å². The van der Waals surface area contributed by atoms with E-state index in [0.717, 1.165) is 11.1 Å². The number of anilines is 1. The summed E-state index contributed by atoms with van der Waals surface area (Å²) < 4.78 is 0. The summed E-state index contributed by atoms with van der Waals surface area (Å²) in [7, 11) is 0. The summed E-state index contributed by atoms with van der Waals surface area (Å²) in [4.78, 5) is 0. The highest BCUT2D eigenvalue weighted by Crippen LogP contribution is 2.41. The maximum Gasteiger partial charge on any atom is 0.142 e. The molecule has 0 aromatic heterocycles. The van der Waals surface area contributed by atoms with Gasteiger partial charge in [-0.25, -0.2) is 0 Å². The standard InChI is InChI=1S/C15H25NO/c1-8(2)11-7-12(9(3)4)15(17)14(16)13(11)10(5)6/h7-10,17H,16H2,1-6H3. The second-order valence-corrected chi connectivity index (χ2v) is 5.70. The maximum absolute atomic E-state index is 10.2. The maximum atomic E-state index is 10.2. The number of hydrogen-bond donors (Lipinski definition) is 2. The van der Waals surface area contributed by atoms with Crippen LogP contribution in [0.3, 0.4) is 0 Å². The Morgan fingerprint density at radius 1 is 0.882 bits per heavy atom. The summed E-state index contributed by atoms with van der Waals surface area (Å²) in [5.74, 6) is 1.32. The first-order valence-electron chi connectivity index (χ1n) is 6.42. The van der Waals surface area contributed by atoms with Crippen LogP contribution >= 0.6 is 0 Å². The Hall–Kier alpha value is -1.18. The van der Waals surface area contributed by atoms with Gasteiger partial charge >= 0.3 is 0 Å². The molecule has 2 nitrogen and oxygen atoms in total. The zero-order valence-corrected chi connectivity index (χ0v) is 11.8. The van der Waals surface area contributed by atoms with Gasteiger partial charge < -0.3 is 10.8 Å². The normalized spacial score (nSPS) is 11.8. The molecular formula is C15H25NO. The molecule has 0 aliphatic heterocycles. The van der Waals surface area contributed by atoms with Gasteiger partial charge in [-0.2, -0.15) is 0 Å². The SMILES string of the molecule is CC(C)c1cc(C(C)C)c(C(C)C)c(N)c1O. The Bertz CT molecular complexity index is 406. The van der Waals surface area contributed by atoms with Crippen LogP contribution in [-0.2, 0) is 0 Å². The zero-order chi connectivity index (χ0) is 13.3. The minimum atomic E-state index is 0.271. The van der Waals surface area contributed by atoms with Crippen molar-refractivity contribution in [2.24, 2.45) is 0 Å². The molecule has 1 aromatic rings. The minimum absolute atomic E-state index is 0.271. The first kappa shape index (κ1) is 13.9. The van der Waals surface area contributed by atoms with E-state index in [1.54, 1.807) is 0 Å². The van der Waals surface area contributed by atoms with Crippen LogP contribution < -0.4 is 5.73 Å².